The third kappa shape index (κ3) is 4.29. The fourth-order valence-corrected chi connectivity index (χ4v) is 3.99. The highest BCUT2D eigenvalue weighted by atomic mass is 32.1. The third-order valence-electron chi connectivity index (χ3n) is 4.33. The van der Waals surface area contributed by atoms with Crippen LogP contribution in [0, 0.1) is 0 Å². The van der Waals surface area contributed by atoms with Crippen molar-refractivity contribution in [2.75, 3.05) is 5.43 Å². The van der Waals surface area contributed by atoms with Crippen molar-refractivity contribution in [2.45, 2.75) is 32.3 Å². The van der Waals surface area contributed by atoms with Crippen LogP contribution in [0.25, 0.3) is 0 Å². The molecule has 0 saturated heterocycles. The van der Waals surface area contributed by atoms with Crippen molar-refractivity contribution in [2.24, 2.45) is 5.10 Å². The maximum atomic E-state index is 5.86. The summed E-state index contributed by atoms with van der Waals surface area (Å²) in [6.45, 7) is 0.560. The molecule has 0 saturated carbocycles. The van der Waals surface area contributed by atoms with Crippen LogP contribution in [0.2, 0.25) is 0 Å². The van der Waals surface area contributed by atoms with E-state index in [2.05, 4.69) is 27.6 Å². The normalized spacial score (nSPS) is 13.5. The Morgan fingerprint density at radius 1 is 1.08 bits per heavy atom. The van der Waals surface area contributed by atoms with E-state index < -0.39 is 0 Å². The number of nitrogens with one attached hydrogen (secondary N) is 1. The quantitative estimate of drug-likeness (QED) is 0.492. The smallest absolute Gasteiger partial charge is 0.203 e. The largest absolute Gasteiger partial charge is 0.489 e. The molecule has 1 N–H and O–H groups in total. The topological polar surface area (TPSA) is 46.5 Å². The number of aromatic nitrogens is 1. The first-order valence-corrected chi connectivity index (χ1v) is 9.73. The second-order valence-electron chi connectivity index (χ2n) is 6.31. The Kier molecular flexibility index (Phi) is 5.26. The maximum Gasteiger partial charge on any atom is 0.203 e. The van der Waals surface area contributed by atoms with Crippen LogP contribution in [0.5, 0.6) is 5.75 Å². The van der Waals surface area contributed by atoms with Gasteiger partial charge in [0.1, 0.15) is 12.4 Å². The van der Waals surface area contributed by atoms with Crippen LogP contribution in [-0.4, -0.2) is 11.2 Å². The van der Waals surface area contributed by atoms with Crippen LogP contribution in [0.15, 0.2) is 59.7 Å². The zero-order valence-electron chi connectivity index (χ0n) is 14.5. The van der Waals surface area contributed by atoms with Crippen molar-refractivity contribution in [3.05, 3.63) is 76.3 Å². The summed E-state index contributed by atoms with van der Waals surface area (Å²) in [5.41, 5.74) is 6.45. The molecule has 26 heavy (non-hydrogen) atoms. The highest BCUT2D eigenvalue weighted by Gasteiger charge is 2.14. The zero-order chi connectivity index (χ0) is 17.6. The summed E-state index contributed by atoms with van der Waals surface area (Å²) in [4.78, 5) is 6.04. The Morgan fingerprint density at radius 2 is 1.96 bits per heavy atom. The van der Waals surface area contributed by atoms with E-state index in [-0.39, 0.29) is 0 Å². The van der Waals surface area contributed by atoms with Gasteiger partial charge in [-0.05, 0) is 48.9 Å². The number of fused-ring (bicyclic) bond motifs is 1. The van der Waals surface area contributed by atoms with Gasteiger partial charge in [-0.1, -0.05) is 42.5 Å². The maximum absolute atomic E-state index is 5.86. The molecule has 0 radical (unpaired) electrons. The molecule has 1 heterocycles. The fraction of sp³-hybridized carbons (Fsp3) is 0.238. The molecule has 1 aliphatic carbocycles. The summed E-state index contributed by atoms with van der Waals surface area (Å²) >= 11 is 1.72. The second kappa shape index (κ2) is 8.15. The van der Waals surface area contributed by atoms with Crippen LogP contribution in [0.3, 0.4) is 0 Å². The van der Waals surface area contributed by atoms with Crippen LogP contribution in [0.4, 0.5) is 5.13 Å². The number of hydrogen-bond acceptors (Lipinski definition) is 5. The molecule has 0 unspecified atom stereocenters. The molecule has 132 valence electrons. The highest BCUT2D eigenvalue weighted by molar-refractivity contribution is 7.15. The summed E-state index contributed by atoms with van der Waals surface area (Å²) in [7, 11) is 0. The van der Waals surface area contributed by atoms with Gasteiger partial charge in [-0.15, -0.1) is 11.3 Å². The minimum atomic E-state index is 0.560. The minimum Gasteiger partial charge on any atom is -0.489 e. The van der Waals surface area contributed by atoms with E-state index in [1.54, 1.807) is 17.6 Å². The Labute approximate surface area is 157 Å². The van der Waals surface area contributed by atoms with Crippen molar-refractivity contribution < 1.29 is 4.74 Å². The van der Waals surface area contributed by atoms with Gasteiger partial charge in [0, 0.05) is 4.88 Å². The van der Waals surface area contributed by atoms with Crippen molar-refractivity contribution in [1.29, 1.82) is 0 Å². The third-order valence-corrected chi connectivity index (χ3v) is 5.39. The number of rotatable bonds is 6. The van der Waals surface area contributed by atoms with Crippen molar-refractivity contribution in [3.63, 3.8) is 0 Å². The molecule has 1 aromatic heterocycles. The Bertz CT molecular complexity index is 866. The SMILES string of the molecule is C(=N\Nc1nc2c(s1)CCCC2)/c1cccc(OCc2ccccc2)c1. The number of hydrazone groups is 1. The monoisotopic (exact) mass is 363 g/mol. The van der Waals surface area contributed by atoms with Crippen LogP contribution in [-0.2, 0) is 19.4 Å². The standard InChI is InChI=1S/C21H21N3OS/c1-2-7-16(8-3-1)15-25-18-10-6-9-17(13-18)14-22-24-21-23-19-11-4-5-12-20(19)26-21/h1-3,6-10,13-14H,4-5,11-12,15H2,(H,23,24)/b22-14+. The van der Waals surface area contributed by atoms with Gasteiger partial charge in [0.15, 0.2) is 0 Å². The summed E-state index contributed by atoms with van der Waals surface area (Å²) in [6.07, 6.45) is 6.57. The van der Waals surface area contributed by atoms with E-state index in [9.17, 15) is 0 Å². The van der Waals surface area contributed by atoms with Gasteiger partial charge in [0.25, 0.3) is 0 Å². The molecular formula is C21H21N3OS. The van der Waals surface area contributed by atoms with E-state index in [4.69, 9.17) is 4.74 Å². The van der Waals surface area contributed by atoms with Crippen molar-refractivity contribution in [1.82, 2.24) is 4.98 Å². The van der Waals surface area contributed by atoms with E-state index in [0.717, 1.165) is 34.8 Å². The van der Waals surface area contributed by atoms with Gasteiger partial charge in [0.05, 0.1) is 11.9 Å². The first-order chi connectivity index (χ1) is 12.9. The molecule has 0 bridgehead atoms. The van der Waals surface area contributed by atoms with Crippen LogP contribution >= 0.6 is 11.3 Å². The van der Waals surface area contributed by atoms with Crippen molar-refractivity contribution in [3.8, 4) is 5.75 Å². The van der Waals surface area contributed by atoms with Gasteiger partial charge in [-0.25, -0.2) is 4.98 Å². The number of benzene rings is 2. The summed E-state index contributed by atoms with van der Waals surface area (Å²) in [5, 5.41) is 5.21. The molecule has 1 aliphatic rings. The first-order valence-electron chi connectivity index (χ1n) is 8.91. The Hall–Kier alpha value is -2.66. The molecule has 5 heteroatoms. The predicted molar refractivity (Wildman–Crippen MR) is 107 cm³/mol. The van der Waals surface area contributed by atoms with Crippen LogP contribution < -0.4 is 10.2 Å². The molecule has 2 aromatic carbocycles. The van der Waals surface area contributed by atoms with Gasteiger partial charge in [-0.2, -0.15) is 5.10 Å². The summed E-state index contributed by atoms with van der Waals surface area (Å²) in [6, 6.07) is 18.1. The molecule has 3 aromatic rings. The lowest BCUT2D eigenvalue weighted by Crippen LogP contribution is -1.99. The van der Waals surface area contributed by atoms with E-state index in [1.165, 1.54) is 23.4 Å². The number of ether oxygens (including phenoxy) is 1. The lowest BCUT2D eigenvalue weighted by Gasteiger charge is -2.06. The van der Waals surface area contributed by atoms with Crippen LogP contribution in [0.1, 0.15) is 34.5 Å². The van der Waals surface area contributed by atoms with Gasteiger partial charge in [0.2, 0.25) is 5.13 Å². The number of hydrogen-bond donors (Lipinski definition) is 1. The van der Waals surface area contributed by atoms with E-state index in [1.807, 2.05) is 42.5 Å². The number of nitrogens with zero attached hydrogens (tertiary/aromatic N) is 2. The molecular weight excluding hydrogens is 342 g/mol. The van der Waals surface area contributed by atoms with E-state index >= 15 is 0 Å². The lowest BCUT2D eigenvalue weighted by molar-refractivity contribution is 0.306. The predicted octanol–water partition coefficient (Wildman–Crippen LogP) is 5.05. The molecule has 0 spiro atoms. The molecule has 0 atom stereocenters. The molecule has 4 nitrogen and oxygen atoms in total. The number of anilines is 1. The number of aryl methyl sites for hydroxylation is 2. The average molecular weight is 363 g/mol. The Morgan fingerprint density at radius 3 is 2.85 bits per heavy atom. The molecule has 0 amide bonds. The van der Waals surface area contributed by atoms with Gasteiger partial charge < -0.3 is 4.74 Å². The molecule has 0 aliphatic heterocycles. The molecule has 0 fully saturated rings. The fourth-order valence-electron chi connectivity index (χ4n) is 2.99. The second-order valence-corrected chi connectivity index (χ2v) is 7.40. The zero-order valence-corrected chi connectivity index (χ0v) is 15.3. The summed E-state index contributed by atoms with van der Waals surface area (Å²) < 4.78 is 5.86. The van der Waals surface area contributed by atoms with Gasteiger partial charge >= 0.3 is 0 Å². The van der Waals surface area contributed by atoms with Crippen molar-refractivity contribution >= 4 is 22.7 Å². The minimum absolute atomic E-state index is 0.560. The Balaban J connectivity index is 1.35. The van der Waals surface area contributed by atoms with Gasteiger partial charge in [-0.3, -0.25) is 5.43 Å². The molecule has 4 rings (SSSR count). The highest BCUT2D eigenvalue weighted by Crippen LogP contribution is 2.29. The number of thiazole rings is 1. The van der Waals surface area contributed by atoms with E-state index in [0.29, 0.717) is 6.61 Å². The first kappa shape index (κ1) is 16.8. The average Bonchev–Trinajstić information content (AvgIpc) is 3.10. The lowest BCUT2D eigenvalue weighted by atomic mass is 10.0. The summed E-state index contributed by atoms with van der Waals surface area (Å²) in [5.74, 6) is 0.836.